The molecule has 166 valence electrons. The number of aryl methyl sites for hydroxylation is 1. The van der Waals surface area contributed by atoms with Crippen molar-refractivity contribution in [1.29, 1.82) is 0 Å². The van der Waals surface area contributed by atoms with Gasteiger partial charge in [-0.1, -0.05) is 48.5 Å². The van der Waals surface area contributed by atoms with E-state index in [1.807, 2.05) is 0 Å². The number of nitrogens with two attached hydrogens (primary N) is 1. The summed E-state index contributed by atoms with van der Waals surface area (Å²) in [5, 5.41) is 5.16. The number of fused-ring (bicyclic) bond motifs is 1. The summed E-state index contributed by atoms with van der Waals surface area (Å²) in [4.78, 5) is 2.60. The molecular formula is C26H34N2O2S. The number of sulfonamides is 1. The van der Waals surface area contributed by atoms with Crippen molar-refractivity contribution < 1.29 is 8.42 Å². The van der Waals surface area contributed by atoms with E-state index in [9.17, 15) is 8.42 Å². The molecule has 3 aliphatic rings. The second-order valence-electron chi connectivity index (χ2n) is 9.95. The van der Waals surface area contributed by atoms with Crippen molar-refractivity contribution in [2.24, 2.45) is 17.0 Å². The molecule has 4 nitrogen and oxygen atoms in total. The van der Waals surface area contributed by atoms with Crippen molar-refractivity contribution in [3.63, 3.8) is 0 Å². The summed E-state index contributed by atoms with van der Waals surface area (Å²) in [6.45, 7) is 3.68. The minimum absolute atomic E-state index is 0.274. The smallest absolute Gasteiger partial charge is 0.212 e. The summed E-state index contributed by atoms with van der Waals surface area (Å²) in [6.07, 6.45) is 7.01. The Morgan fingerprint density at radius 3 is 2.45 bits per heavy atom. The number of hydrogen-bond acceptors (Lipinski definition) is 3. The predicted molar refractivity (Wildman–Crippen MR) is 126 cm³/mol. The summed E-state index contributed by atoms with van der Waals surface area (Å²) in [7, 11) is -3.46. The van der Waals surface area contributed by atoms with E-state index in [1.54, 1.807) is 0 Å². The molecule has 0 aromatic heterocycles. The molecule has 0 radical (unpaired) electrons. The maximum absolute atomic E-state index is 12.0. The van der Waals surface area contributed by atoms with Gasteiger partial charge in [-0.3, -0.25) is 0 Å². The third-order valence-electron chi connectivity index (χ3n) is 7.69. The third kappa shape index (κ3) is 4.89. The zero-order valence-electron chi connectivity index (χ0n) is 18.2. The highest BCUT2D eigenvalue weighted by atomic mass is 32.2. The molecule has 5 heteroatoms. The highest BCUT2D eigenvalue weighted by Gasteiger charge is 2.38. The molecule has 1 saturated carbocycles. The second-order valence-corrected chi connectivity index (χ2v) is 11.7. The summed E-state index contributed by atoms with van der Waals surface area (Å²) >= 11 is 0. The van der Waals surface area contributed by atoms with E-state index >= 15 is 0 Å². The number of rotatable bonds is 9. The molecule has 3 unspecified atom stereocenters. The maximum atomic E-state index is 12.0. The van der Waals surface area contributed by atoms with Gasteiger partial charge in [0.15, 0.2) is 0 Å². The van der Waals surface area contributed by atoms with Crippen LogP contribution in [0.15, 0.2) is 48.5 Å². The SMILES string of the molecule is NS(=O)(=O)C(CCc1ccc2c(c1)C(Cc1ccccc1)C(CN1CCC1)C2)C1CC1. The van der Waals surface area contributed by atoms with Crippen molar-refractivity contribution in [1.82, 2.24) is 4.90 Å². The first-order valence-electron chi connectivity index (χ1n) is 11.9. The Hall–Kier alpha value is -1.69. The van der Waals surface area contributed by atoms with Gasteiger partial charge in [0, 0.05) is 6.54 Å². The predicted octanol–water partition coefficient (Wildman–Crippen LogP) is 3.89. The quantitative estimate of drug-likeness (QED) is 0.646. The number of benzene rings is 2. The molecule has 2 N–H and O–H groups in total. The van der Waals surface area contributed by atoms with E-state index in [2.05, 4.69) is 53.4 Å². The van der Waals surface area contributed by atoms with Crippen LogP contribution in [0.25, 0.3) is 0 Å². The van der Waals surface area contributed by atoms with E-state index in [0.29, 0.717) is 18.3 Å². The van der Waals surface area contributed by atoms with Crippen molar-refractivity contribution in [3.05, 3.63) is 70.8 Å². The first-order chi connectivity index (χ1) is 15.0. The highest BCUT2D eigenvalue weighted by molar-refractivity contribution is 7.89. The molecule has 1 aliphatic heterocycles. The van der Waals surface area contributed by atoms with Crippen LogP contribution in [-0.4, -0.2) is 38.2 Å². The Balaban J connectivity index is 1.35. The van der Waals surface area contributed by atoms with Crippen LogP contribution in [0.1, 0.15) is 53.9 Å². The van der Waals surface area contributed by atoms with Crippen molar-refractivity contribution in [2.45, 2.75) is 56.1 Å². The van der Waals surface area contributed by atoms with Crippen molar-refractivity contribution in [3.8, 4) is 0 Å². The molecule has 2 aromatic carbocycles. The molecule has 1 heterocycles. The molecular weight excluding hydrogens is 404 g/mol. The van der Waals surface area contributed by atoms with Gasteiger partial charge in [-0.2, -0.15) is 0 Å². The Morgan fingerprint density at radius 1 is 1.03 bits per heavy atom. The van der Waals surface area contributed by atoms with E-state index in [4.69, 9.17) is 5.14 Å². The van der Waals surface area contributed by atoms with Gasteiger partial charge in [-0.15, -0.1) is 0 Å². The van der Waals surface area contributed by atoms with E-state index in [-0.39, 0.29) is 11.2 Å². The van der Waals surface area contributed by atoms with Gasteiger partial charge >= 0.3 is 0 Å². The Bertz CT molecular complexity index is 1010. The monoisotopic (exact) mass is 438 g/mol. The molecule has 2 aromatic rings. The van der Waals surface area contributed by atoms with Crippen LogP contribution in [0.5, 0.6) is 0 Å². The Kier molecular flexibility index (Phi) is 5.93. The number of hydrogen-bond donors (Lipinski definition) is 1. The van der Waals surface area contributed by atoms with E-state index < -0.39 is 10.0 Å². The van der Waals surface area contributed by atoms with Gasteiger partial charge in [-0.25, -0.2) is 13.6 Å². The van der Waals surface area contributed by atoms with Gasteiger partial charge in [0.2, 0.25) is 10.0 Å². The lowest BCUT2D eigenvalue weighted by molar-refractivity contribution is 0.145. The maximum Gasteiger partial charge on any atom is 0.212 e. The third-order valence-corrected chi connectivity index (χ3v) is 9.15. The van der Waals surface area contributed by atoms with Crippen LogP contribution >= 0.6 is 0 Å². The average molecular weight is 439 g/mol. The fourth-order valence-electron chi connectivity index (χ4n) is 5.69. The highest BCUT2D eigenvalue weighted by Crippen LogP contribution is 2.42. The van der Waals surface area contributed by atoms with Crippen LogP contribution in [0.3, 0.4) is 0 Å². The van der Waals surface area contributed by atoms with E-state index in [1.165, 1.54) is 48.3 Å². The van der Waals surface area contributed by atoms with Gasteiger partial charge in [0.05, 0.1) is 5.25 Å². The fraction of sp³-hybridized carbons (Fsp3) is 0.538. The van der Waals surface area contributed by atoms with Gasteiger partial charge in [0.1, 0.15) is 0 Å². The van der Waals surface area contributed by atoms with Crippen LogP contribution in [0.4, 0.5) is 0 Å². The standard InChI is InChI=1S/C26H34N2O2S/c27-31(29,30)26(21-10-11-21)12-8-20-7-9-22-17-23(18-28-13-4-14-28)25(24(22)16-20)15-19-5-2-1-3-6-19/h1-3,5-7,9,16,21,23,25-26H,4,8,10-15,17-18H2,(H2,27,29,30). The minimum Gasteiger partial charge on any atom is -0.303 e. The van der Waals surface area contributed by atoms with Crippen molar-refractivity contribution in [2.75, 3.05) is 19.6 Å². The molecule has 5 rings (SSSR count). The normalized spacial score (nSPS) is 24.5. The fourth-order valence-corrected chi connectivity index (χ4v) is 6.94. The first kappa shape index (κ1) is 21.2. The largest absolute Gasteiger partial charge is 0.303 e. The lowest BCUT2D eigenvalue weighted by Crippen LogP contribution is -2.41. The number of nitrogens with zero attached hydrogens (tertiary/aromatic N) is 1. The van der Waals surface area contributed by atoms with Crippen molar-refractivity contribution >= 4 is 10.0 Å². The summed E-state index contributed by atoms with van der Waals surface area (Å²) < 4.78 is 24.1. The summed E-state index contributed by atoms with van der Waals surface area (Å²) in [5.74, 6) is 1.47. The summed E-state index contributed by atoms with van der Waals surface area (Å²) in [5.41, 5.74) is 5.64. The molecule has 2 fully saturated rings. The lowest BCUT2D eigenvalue weighted by Gasteiger charge is -2.35. The minimum atomic E-state index is -3.46. The second kappa shape index (κ2) is 8.68. The van der Waals surface area contributed by atoms with Crippen LogP contribution in [0, 0.1) is 11.8 Å². The molecule has 1 saturated heterocycles. The lowest BCUT2D eigenvalue weighted by atomic mass is 9.85. The Morgan fingerprint density at radius 2 is 1.81 bits per heavy atom. The molecule has 0 amide bonds. The van der Waals surface area contributed by atoms with Crippen LogP contribution in [-0.2, 0) is 29.3 Å². The zero-order chi connectivity index (χ0) is 21.4. The first-order valence-corrected chi connectivity index (χ1v) is 13.5. The summed E-state index contributed by atoms with van der Waals surface area (Å²) in [6, 6.07) is 17.8. The van der Waals surface area contributed by atoms with Crippen LogP contribution < -0.4 is 5.14 Å². The molecule has 0 spiro atoms. The van der Waals surface area contributed by atoms with Gasteiger partial charge in [-0.05, 0) is 98.0 Å². The van der Waals surface area contributed by atoms with Gasteiger partial charge < -0.3 is 4.90 Å². The molecule has 3 atom stereocenters. The molecule has 2 aliphatic carbocycles. The molecule has 0 bridgehead atoms. The van der Waals surface area contributed by atoms with Gasteiger partial charge in [0.25, 0.3) is 0 Å². The topological polar surface area (TPSA) is 63.4 Å². The van der Waals surface area contributed by atoms with Crippen LogP contribution in [0.2, 0.25) is 0 Å². The Labute approximate surface area is 186 Å². The number of primary sulfonamides is 1. The van der Waals surface area contributed by atoms with E-state index in [0.717, 1.165) is 32.1 Å². The average Bonchev–Trinajstić information content (AvgIpc) is 3.48. The zero-order valence-corrected chi connectivity index (χ0v) is 19.1. The number of likely N-dealkylation sites (tertiary alicyclic amines) is 1. The molecule has 31 heavy (non-hydrogen) atoms.